The molecule has 1 heterocycles. The lowest BCUT2D eigenvalue weighted by atomic mass is 10.0. The van der Waals surface area contributed by atoms with Gasteiger partial charge in [0.05, 0.1) is 12.6 Å². The fourth-order valence-corrected chi connectivity index (χ4v) is 2.00. The first-order valence-electron chi connectivity index (χ1n) is 5.06. The van der Waals surface area contributed by atoms with E-state index in [1.165, 1.54) is 17.5 Å². The molecule has 0 bridgehead atoms. The van der Waals surface area contributed by atoms with Crippen molar-refractivity contribution >= 4 is 0 Å². The molecule has 2 rings (SSSR count). The van der Waals surface area contributed by atoms with E-state index in [0.29, 0.717) is 6.54 Å². The highest BCUT2D eigenvalue weighted by atomic mass is 15.1. The van der Waals surface area contributed by atoms with Crippen LogP contribution in [0.25, 0.3) is 0 Å². The van der Waals surface area contributed by atoms with Crippen molar-refractivity contribution < 1.29 is 0 Å². The standard InChI is InChI=1S/C12H14N2/c13-7-9-14-8-3-6-11-4-1-2-5-12(11)10-14/h1-2,4-5H,3,6,8-10H2. The van der Waals surface area contributed by atoms with Crippen molar-refractivity contribution in [2.24, 2.45) is 0 Å². The summed E-state index contributed by atoms with van der Waals surface area (Å²) in [7, 11) is 0. The summed E-state index contributed by atoms with van der Waals surface area (Å²) in [5, 5.41) is 8.67. The Kier molecular flexibility index (Phi) is 2.81. The van der Waals surface area contributed by atoms with E-state index in [2.05, 4.69) is 35.2 Å². The second-order valence-electron chi connectivity index (χ2n) is 3.74. The predicted octanol–water partition coefficient (Wildman–Crippen LogP) is 1.96. The van der Waals surface area contributed by atoms with Crippen LogP contribution in [0.3, 0.4) is 0 Å². The molecule has 0 aliphatic carbocycles. The van der Waals surface area contributed by atoms with E-state index in [9.17, 15) is 0 Å². The molecule has 0 atom stereocenters. The van der Waals surface area contributed by atoms with Crippen molar-refractivity contribution in [2.45, 2.75) is 19.4 Å². The smallest absolute Gasteiger partial charge is 0.0868 e. The molecular formula is C12H14N2. The molecule has 14 heavy (non-hydrogen) atoms. The van der Waals surface area contributed by atoms with Crippen molar-refractivity contribution in [3.8, 4) is 6.07 Å². The van der Waals surface area contributed by atoms with E-state index in [1.54, 1.807) is 0 Å². The van der Waals surface area contributed by atoms with Gasteiger partial charge in [-0.05, 0) is 30.5 Å². The summed E-state index contributed by atoms with van der Waals surface area (Å²) in [5.74, 6) is 0. The van der Waals surface area contributed by atoms with E-state index < -0.39 is 0 Å². The van der Waals surface area contributed by atoms with Gasteiger partial charge in [-0.25, -0.2) is 0 Å². The maximum absolute atomic E-state index is 8.67. The summed E-state index contributed by atoms with van der Waals surface area (Å²) < 4.78 is 0. The number of nitriles is 1. The van der Waals surface area contributed by atoms with Gasteiger partial charge in [0, 0.05) is 6.54 Å². The zero-order chi connectivity index (χ0) is 9.80. The normalized spacial score (nSPS) is 16.8. The Balaban J connectivity index is 2.19. The third-order valence-electron chi connectivity index (χ3n) is 2.73. The number of fused-ring (bicyclic) bond motifs is 1. The Morgan fingerprint density at radius 1 is 1.29 bits per heavy atom. The molecule has 0 radical (unpaired) electrons. The lowest BCUT2D eigenvalue weighted by molar-refractivity contribution is 0.302. The Morgan fingerprint density at radius 2 is 2.07 bits per heavy atom. The van der Waals surface area contributed by atoms with Crippen LogP contribution in [0.4, 0.5) is 0 Å². The number of aryl methyl sites for hydroxylation is 1. The molecule has 1 aromatic rings. The van der Waals surface area contributed by atoms with Crippen LogP contribution in [0, 0.1) is 11.3 Å². The van der Waals surface area contributed by atoms with Gasteiger partial charge in [0.25, 0.3) is 0 Å². The minimum Gasteiger partial charge on any atom is -0.286 e. The summed E-state index contributed by atoms with van der Waals surface area (Å²) in [6.45, 7) is 2.53. The van der Waals surface area contributed by atoms with Crippen LogP contribution >= 0.6 is 0 Å². The van der Waals surface area contributed by atoms with Crippen molar-refractivity contribution in [3.05, 3.63) is 35.4 Å². The van der Waals surface area contributed by atoms with Crippen molar-refractivity contribution in [3.63, 3.8) is 0 Å². The first-order valence-corrected chi connectivity index (χ1v) is 5.06. The summed E-state index contributed by atoms with van der Waals surface area (Å²) in [5.41, 5.74) is 2.84. The lowest BCUT2D eigenvalue weighted by Crippen LogP contribution is -2.23. The molecule has 2 nitrogen and oxygen atoms in total. The van der Waals surface area contributed by atoms with Gasteiger partial charge in [-0.2, -0.15) is 5.26 Å². The van der Waals surface area contributed by atoms with Gasteiger partial charge in [0.1, 0.15) is 0 Å². The molecule has 0 fully saturated rings. The van der Waals surface area contributed by atoms with E-state index in [-0.39, 0.29) is 0 Å². The van der Waals surface area contributed by atoms with Crippen LogP contribution in [-0.4, -0.2) is 18.0 Å². The quantitative estimate of drug-likeness (QED) is 0.627. The van der Waals surface area contributed by atoms with Gasteiger partial charge < -0.3 is 0 Å². The Bertz CT molecular complexity index is 352. The van der Waals surface area contributed by atoms with Gasteiger partial charge in [-0.1, -0.05) is 24.3 Å². The SMILES string of the molecule is N#CCN1CCCc2ccccc2C1. The fraction of sp³-hybridized carbons (Fsp3) is 0.417. The molecule has 2 heteroatoms. The number of hydrogen-bond acceptors (Lipinski definition) is 2. The molecule has 0 saturated carbocycles. The Morgan fingerprint density at radius 3 is 2.86 bits per heavy atom. The van der Waals surface area contributed by atoms with Crippen molar-refractivity contribution in [1.29, 1.82) is 5.26 Å². The number of hydrogen-bond donors (Lipinski definition) is 0. The fourth-order valence-electron chi connectivity index (χ4n) is 2.00. The summed E-state index contributed by atoms with van der Waals surface area (Å²) in [4.78, 5) is 2.21. The first-order chi connectivity index (χ1) is 6.90. The van der Waals surface area contributed by atoms with Crippen LogP contribution in [0.15, 0.2) is 24.3 Å². The highest BCUT2D eigenvalue weighted by molar-refractivity contribution is 5.28. The minimum absolute atomic E-state index is 0.550. The number of benzene rings is 1. The van der Waals surface area contributed by atoms with Crippen molar-refractivity contribution in [1.82, 2.24) is 4.90 Å². The third-order valence-corrected chi connectivity index (χ3v) is 2.73. The van der Waals surface area contributed by atoms with Gasteiger partial charge >= 0.3 is 0 Å². The second-order valence-corrected chi connectivity index (χ2v) is 3.74. The van der Waals surface area contributed by atoms with Crippen LogP contribution < -0.4 is 0 Å². The first kappa shape index (κ1) is 9.23. The summed E-state index contributed by atoms with van der Waals surface area (Å²) in [6, 6.07) is 10.8. The molecule has 72 valence electrons. The van der Waals surface area contributed by atoms with Gasteiger partial charge in [0.15, 0.2) is 0 Å². The third kappa shape index (κ3) is 1.94. The Labute approximate surface area is 84.8 Å². The molecule has 0 saturated heterocycles. The Hall–Kier alpha value is -1.33. The highest BCUT2D eigenvalue weighted by Gasteiger charge is 2.12. The maximum Gasteiger partial charge on any atom is 0.0868 e. The van der Waals surface area contributed by atoms with Crippen LogP contribution in [0.5, 0.6) is 0 Å². The minimum atomic E-state index is 0.550. The molecule has 0 spiro atoms. The van der Waals surface area contributed by atoms with Crippen LogP contribution in [0.2, 0.25) is 0 Å². The van der Waals surface area contributed by atoms with Crippen molar-refractivity contribution in [2.75, 3.05) is 13.1 Å². The zero-order valence-corrected chi connectivity index (χ0v) is 8.24. The van der Waals surface area contributed by atoms with Gasteiger partial charge in [-0.3, -0.25) is 4.90 Å². The molecule has 0 N–H and O–H groups in total. The molecule has 1 aromatic carbocycles. The average Bonchev–Trinajstić information content (AvgIpc) is 2.40. The molecule has 0 unspecified atom stereocenters. The highest BCUT2D eigenvalue weighted by Crippen LogP contribution is 2.17. The van der Waals surface area contributed by atoms with Crippen LogP contribution in [-0.2, 0) is 13.0 Å². The van der Waals surface area contributed by atoms with E-state index in [4.69, 9.17) is 5.26 Å². The monoisotopic (exact) mass is 186 g/mol. The molecule has 0 amide bonds. The van der Waals surface area contributed by atoms with Gasteiger partial charge in [-0.15, -0.1) is 0 Å². The zero-order valence-electron chi connectivity index (χ0n) is 8.24. The predicted molar refractivity (Wildman–Crippen MR) is 55.7 cm³/mol. The number of rotatable bonds is 1. The molecule has 1 aliphatic heterocycles. The van der Waals surface area contributed by atoms with Gasteiger partial charge in [0.2, 0.25) is 0 Å². The topological polar surface area (TPSA) is 27.0 Å². The van der Waals surface area contributed by atoms with Crippen LogP contribution in [0.1, 0.15) is 17.5 Å². The molecule has 0 aromatic heterocycles. The largest absolute Gasteiger partial charge is 0.286 e. The lowest BCUT2D eigenvalue weighted by Gasteiger charge is -2.15. The second kappa shape index (κ2) is 4.26. The molecule has 1 aliphatic rings. The van der Waals surface area contributed by atoms with E-state index in [1.807, 2.05) is 0 Å². The summed E-state index contributed by atoms with van der Waals surface area (Å²) in [6.07, 6.45) is 2.32. The molecular weight excluding hydrogens is 172 g/mol. The number of nitrogens with zero attached hydrogens (tertiary/aromatic N) is 2. The van der Waals surface area contributed by atoms with E-state index in [0.717, 1.165) is 19.5 Å². The maximum atomic E-state index is 8.67. The average molecular weight is 186 g/mol. The summed E-state index contributed by atoms with van der Waals surface area (Å²) >= 11 is 0. The van der Waals surface area contributed by atoms with E-state index >= 15 is 0 Å².